The standard InChI is InChI=1S/C16H25ClNO3/c1-12-8-18(3,9-13(2)21-12)10-15(19)11-20-16-6-4-14(17)5-7-16/h4-7,12-13,15,19H,8-11H2,1-3H3/q+1. The lowest BCUT2D eigenvalue weighted by Crippen LogP contribution is -2.60. The first-order valence-electron chi connectivity index (χ1n) is 7.42. The number of halogens is 1. The van der Waals surface area contributed by atoms with Crippen LogP contribution < -0.4 is 4.74 Å². The topological polar surface area (TPSA) is 38.7 Å². The molecular formula is C16H25ClNO3+. The molecular weight excluding hydrogens is 290 g/mol. The Kier molecular flexibility index (Phi) is 5.49. The molecule has 1 aromatic rings. The van der Waals surface area contributed by atoms with Gasteiger partial charge in [0.25, 0.3) is 0 Å². The molecule has 1 N–H and O–H groups in total. The van der Waals surface area contributed by atoms with Gasteiger partial charge >= 0.3 is 0 Å². The van der Waals surface area contributed by atoms with Crippen LogP contribution in [0.3, 0.4) is 0 Å². The molecule has 1 aliphatic heterocycles. The monoisotopic (exact) mass is 314 g/mol. The van der Waals surface area contributed by atoms with Gasteiger partial charge in [0.05, 0.1) is 7.05 Å². The zero-order valence-electron chi connectivity index (χ0n) is 13.0. The summed E-state index contributed by atoms with van der Waals surface area (Å²) in [5.74, 6) is 0.727. The number of benzene rings is 1. The summed E-state index contributed by atoms with van der Waals surface area (Å²) in [4.78, 5) is 0. The second-order valence-corrected chi connectivity index (χ2v) is 6.78. The molecule has 3 atom stereocenters. The van der Waals surface area contributed by atoms with Gasteiger partial charge in [0.2, 0.25) is 0 Å². The van der Waals surface area contributed by atoms with Gasteiger partial charge in [-0.1, -0.05) is 11.6 Å². The smallest absolute Gasteiger partial charge is 0.137 e. The van der Waals surface area contributed by atoms with E-state index >= 15 is 0 Å². The Morgan fingerprint density at radius 3 is 2.43 bits per heavy atom. The molecule has 118 valence electrons. The molecule has 21 heavy (non-hydrogen) atoms. The number of nitrogens with zero attached hydrogens (tertiary/aromatic N) is 1. The van der Waals surface area contributed by atoms with Crippen LogP contribution in [0.15, 0.2) is 24.3 Å². The third-order valence-electron chi connectivity index (χ3n) is 3.77. The van der Waals surface area contributed by atoms with E-state index in [1.165, 1.54) is 0 Å². The van der Waals surface area contributed by atoms with Crippen molar-refractivity contribution in [3.63, 3.8) is 0 Å². The van der Waals surface area contributed by atoms with Crippen molar-refractivity contribution in [3.8, 4) is 5.75 Å². The number of hydrogen-bond acceptors (Lipinski definition) is 3. The minimum atomic E-state index is -0.497. The van der Waals surface area contributed by atoms with E-state index in [1.54, 1.807) is 12.1 Å². The summed E-state index contributed by atoms with van der Waals surface area (Å²) >= 11 is 5.83. The summed E-state index contributed by atoms with van der Waals surface area (Å²) < 4.78 is 12.2. The van der Waals surface area contributed by atoms with Crippen molar-refractivity contribution >= 4 is 11.6 Å². The molecule has 0 bridgehead atoms. The summed E-state index contributed by atoms with van der Waals surface area (Å²) in [5.41, 5.74) is 0. The highest BCUT2D eigenvalue weighted by molar-refractivity contribution is 6.30. The van der Waals surface area contributed by atoms with Crippen LogP contribution in [-0.2, 0) is 4.74 Å². The summed E-state index contributed by atoms with van der Waals surface area (Å²) in [6.45, 7) is 6.97. The molecule has 4 nitrogen and oxygen atoms in total. The first-order valence-corrected chi connectivity index (χ1v) is 7.79. The fourth-order valence-electron chi connectivity index (χ4n) is 3.23. The van der Waals surface area contributed by atoms with Gasteiger partial charge in [-0.05, 0) is 38.1 Å². The van der Waals surface area contributed by atoms with Crippen molar-refractivity contribution in [2.24, 2.45) is 0 Å². The molecule has 1 aliphatic rings. The maximum atomic E-state index is 10.2. The van der Waals surface area contributed by atoms with Gasteiger partial charge in [-0.3, -0.25) is 0 Å². The molecule has 1 fully saturated rings. The summed E-state index contributed by atoms with van der Waals surface area (Å²) in [6.07, 6.45) is -0.0468. The Morgan fingerprint density at radius 2 is 1.86 bits per heavy atom. The summed E-state index contributed by atoms with van der Waals surface area (Å²) in [6, 6.07) is 7.18. The quantitative estimate of drug-likeness (QED) is 0.848. The summed E-state index contributed by atoms with van der Waals surface area (Å²) in [7, 11) is 2.17. The van der Waals surface area contributed by atoms with Gasteiger partial charge in [0, 0.05) is 5.02 Å². The predicted molar refractivity (Wildman–Crippen MR) is 83.7 cm³/mol. The lowest BCUT2D eigenvalue weighted by Gasteiger charge is -2.43. The third kappa shape index (κ3) is 5.15. The highest BCUT2D eigenvalue weighted by atomic mass is 35.5. The highest BCUT2D eigenvalue weighted by Gasteiger charge is 2.35. The van der Waals surface area contributed by atoms with Crippen LogP contribution in [0.1, 0.15) is 13.8 Å². The summed E-state index contributed by atoms with van der Waals surface area (Å²) in [5, 5.41) is 10.9. The number of ether oxygens (including phenoxy) is 2. The Morgan fingerprint density at radius 1 is 1.29 bits per heavy atom. The van der Waals surface area contributed by atoms with E-state index in [0.29, 0.717) is 18.2 Å². The zero-order chi connectivity index (χ0) is 15.5. The SMILES string of the molecule is CC1C[N+](C)(CC(O)COc2ccc(Cl)cc2)CC(C)O1. The van der Waals surface area contributed by atoms with E-state index in [-0.39, 0.29) is 12.2 Å². The lowest BCUT2D eigenvalue weighted by atomic mass is 10.1. The van der Waals surface area contributed by atoms with Gasteiger partial charge in [-0.2, -0.15) is 0 Å². The molecule has 3 unspecified atom stereocenters. The van der Waals surface area contributed by atoms with Crippen molar-refractivity contribution in [3.05, 3.63) is 29.3 Å². The Bertz CT molecular complexity index is 441. The number of likely N-dealkylation sites (N-methyl/N-ethyl adjacent to an activating group) is 1. The molecule has 0 amide bonds. The second-order valence-electron chi connectivity index (χ2n) is 6.34. The van der Waals surface area contributed by atoms with Crippen molar-refractivity contribution < 1.29 is 19.1 Å². The van der Waals surface area contributed by atoms with E-state index in [9.17, 15) is 5.11 Å². The number of aliphatic hydroxyl groups excluding tert-OH is 1. The van der Waals surface area contributed by atoms with Gasteiger partial charge in [0.15, 0.2) is 0 Å². The molecule has 1 aromatic carbocycles. The average molecular weight is 315 g/mol. The van der Waals surface area contributed by atoms with E-state index in [2.05, 4.69) is 20.9 Å². The van der Waals surface area contributed by atoms with Crippen LogP contribution in [0.25, 0.3) is 0 Å². The van der Waals surface area contributed by atoms with Gasteiger partial charge < -0.3 is 19.1 Å². The van der Waals surface area contributed by atoms with Crippen molar-refractivity contribution in [1.82, 2.24) is 0 Å². The molecule has 2 rings (SSSR count). The molecule has 5 heteroatoms. The molecule has 0 saturated carbocycles. The molecule has 1 saturated heterocycles. The lowest BCUT2D eigenvalue weighted by molar-refractivity contribution is -0.926. The largest absolute Gasteiger partial charge is 0.491 e. The average Bonchev–Trinajstić information content (AvgIpc) is 2.35. The molecule has 0 aromatic heterocycles. The number of aliphatic hydroxyl groups is 1. The Labute approximate surface area is 131 Å². The van der Waals surface area contributed by atoms with Crippen LogP contribution in [-0.4, -0.2) is 61.2 Å². The van der Waals surface area contributed by atoms with Crippen molar-refractivity contribution in [1.29, 1.82) is 0 Å². The number of hydrogen-bond donors (Lipinski definition) is 1. The van der Waals surface area contributed by atoms with Crippen LogP contribution in [0.4, 0.5) is 0 Å². The van der Waals surface area contributed by atoms with Crippen molar-refractivity contribution in [2.45, 2.75) is 32.2 Å². The minimum absolute atomic E-state index is 0.225. The zero-order valence-corrected chi connectivity index (χ0v) is 13.7. The molecule has 0 radical (unpaired) electrons. The maximum absolute atomic E-state index is 10.2. The van der Waals surface area contributed by atoms with Gasteiger partial charge in [-0.25, -0.2) is 0 Å². The molecule has 0 spiro atoms. The Balaban J connectivity index is 1.83. The van der Waals surface area contributed by atoms with E-state index in [1.807, 2.05) is 12.1 Å². The highest BCUT2D eigenvalue weighted by Crippen LogP contribution is 2.19. The molecule has 0 aliphatic carbocycles. The second kappa shape index (κ2) is 6.97. The predicted octanol–water partition coefficient (Wildman–Crippen LogP) is 2.33. The van der Waals surface area contributed by atoms with Crippen molar-refractivity contribution in [2.75, 3.05) is 33.3 Å². The van der Waals surface area contributed by atoms with Gasteiger partial charge in [0.1, 0.15) is 50.3 Å². The number of morpholine rings is 1. The fourth-order valence-corrected chi connectivity index (χ4v) is 3.36. The first-order chi connectivity index (χ1) is 9.86. The number of rotatable bonds is 5. The number of quaternary nitrogens is 1. The molecule has 1 heterocycles. The normalized spacial score (nSPS) is 30.9. The maximum Gasteiger partial charge on any atom is 0.137 e. The van der Waals surface area contributed by atoms with Gasteiger partial charge in [-0.15, -0.1) is 0 Å². The van der Waals surface area contributed by atoms with E-state index in [0.717, 1.165) is 23.3 Å². The fraction of sp³-hybridized carbons (Fsp3) is 0.625. The van der Waals surface area contributed by atoms with E-state index < -0.39 is 6.10 Å². The van der Waals surface area contributed by atoms with Crippen LogP contribution in [0.2, 0.25) is 5.02 Å². The van der Waals surface area contributed by atoms with Crippen LogP contribution in [0.5, 0.6) is 5.75 Å². The Hall–Kier alpha value is -0.810. The minimum Gasteiger partial charge on any atom is -0.491 e. The van der Waals surface area contributed by atoms with Crippen LogP contribution in [0, 0.1) is 0 Å². The van der Waals surface area contributed by atoms with Crippen LogP contribution >= 0.6 is 11.6 Å². The first kappa shape index (κ1) is 16.6. The van der Waals surface area contributed by atoms with E-state index in [4.69, 9.17) is 21.1 Å². The third-order valence-corrected chi connectivity index (χ3v) is 4.02.